The Morgan fingerprint density at radius 1 is 0.757 bits per heavy atom. The van der Waals surface area contributed by atoms with Gasteiger partial charge in [-0.3, -0.25) is 14.7 Å². The summed E-state index contributed by atoms with van der Waals surface area (Å²) in [5.74, 6) is -7.43. The van der Waals surface area contributed by atoms with Crippen LogP contribution in [-0.2, 0) is 24.0 Å². The molecule has 2 aliphatic rings. The predicted octanol–water partition coefficient (Wildman–Crippen LogP) is -7.55. The largest absolute Gasteiger partial charge is 0.549 e. The Morgan fingerprint density at radius 3 is 1.65 bits per heavy atom. The highest BCUT2D eigenvalue weighted by Gasteiger charge is 2.34. The van der Waals surface area contributed by atoms with E-state index in [2.05, 4.69) is 5.32 Å². The molecule has 0 spiro atoms. The number of hydrogen-bond acceptors (Lipinski definition) is 14. The van der Waals surface area contributed by atoms with Gasteiger partial charge in [0.05, 0.1) is 35.9 Å². The molecule has 2 unspecified atom stereocenters. The first-order chi connectivity index (χ1) is 17.5. The molecule has 14 heteroatoms. The lowest BCUT2D eigenvalue weighted by Gasteiger charge is -2.37. The van der Waals surface area contributed by atoms with Crippen LogP contribution in [0, 0.1) is 5.92 Å². The first kappa shape index (κ1) is 30.0. The quantitative estimate of drug-likeness (QED) is 0.176. The lowest BCUT2D eigenvalue weighted by molar-refractivity contribution is -0.314. The SMILES string of the molecule is O=C([O-])CN(CCN(CCN(CC(=O)[O-])CC(=O)[O-])[C@@H](CC1=CNC2CCCCC12)C(=O)[O-])CC(=O)[O-]. The maximum absolute atomic E-state index is 12.2. The van der Waals surface area contributed by atoms with Crippen LogP contribution in [0.3, 0.4) is 0 Å². The average Bonchev–Trinajstić information content (AvgIpc) is 3.19. The number of carboxylic acids is 5. The number of nitrogens with zero attached hydrogens (tertiary/aromatic N) is 3. The van der Waals surface area contributed by atoms with E-state index in [9.17, 15) is 49.5 Å². The van der Waals surface area contributed by atoms with Gasteiger partial charge in [-0.15, -0.1) is 0 Å². The lowest BCUT2D eigenvalue weighted by atomic mass is 9.80. The Morgan fingerprint density at radius 2 is 1.22 bits per heavy atom. The van der Waals surface area contributed by atoms with Crippen LogP contribution in [0.25, 0.3) is 0 Å². The number of carbonyl (C=O) groups excluding carboxylic acids is 5. The van der Waals surface area contributed by atoms with Gasteiger partial charge in [0.2, 0.25) is 0 Å². The average molecular weight is 524 g/mol. The molecule has 1 saturated carbocycles. The van der Waals surface area contributed by atoms with Crippen molar-refractivity contribution in [3.8, 4) is 0 Å². The van der Waals surface area contributed by atoms with Crippen LogP contribution in [-0.4, -0.2) is 109 Å². The van der Waals surface area contributed by atoms with Gasteiger partial charge < -0.3 is 54.8 Å². The van der Waals surface area contributed by atoms with Crippen molar-refractivity contribution in [3.05, 3.63) is 11.8 Å². The van der Waals surface area contributed by atoms with Crippen molar-refractivity contribution >= 4 is 29.8 Å². The fourth-order valence-electron chi connectivity index (χ4n) is 5.01. The van der Waals surface area contributed by atoms with Gasteiger partial charge in [-0.05, 0) is 31.0 Å². The molecule has 3 atom stereocenters. The van der Waals surface area contributed by atoms with Crippen molar-refractivity contribution in [3.63, 3.8) is 0 Å². The molecule has 0 saturated heterocycles. The first-order valence-electron chi connectivity index (χ1n) is 12.1. The third kappa shape index (κ3) is 10.3. The zero-order chi connectivity index (χ0) is 27.5. The molecule has 37 heavy (non-hydrogen) atoms. The number of hydrogen-bond donors (Lipinski definition) is 1. The lowest BCUT2D eigenvalue weighted by Crippen LogP contribution is -2.54. The van der Waals surface area contributed by atoms with E-state index in [1.165, 1.54) is 4.90 Å². The van der Waals surface area contributed by atoms with Crippen LogP contribution in [0.2, 0.25) is 0 Å². The van der Waals surface area contributed by atoms with Crippen LogP contribution in [0.5, 0.6) is 0 Å². The topological polar surface area (TPSA) is 222 Å². The van der Waals surface area contributed by atoms with Crippen molar-refractivity contribution in [2.75, 3.05) is 52.4 Å². The molecule has 14 nitrogen and oxygen atoms in total. The Balaban J connectivity index is 2.22. The number of carbonyl (C=O) groups is 5. The third-order valence-electron chi connectivity index (χ3n) is 6.68. The second kappa shape index (κ2) is 14.5. The smallest absolute Gasteiger partial charge is 0.0589 e. The zero-order valence-corrected chi connectivity index (χ0v) is 20.4. The molecule has 208 valence electrons. The van der Waals surface area contributed by atoms with E-state index >= 15 is 0 Å². The van der Waals surface area contributed by atoms with Crippen LogP contribution in [0.4, 0.5) is 0 Å². The summed E-state index contributed by atoms with van der Waals surface area (Å²) in [6.45, 7) is -3.63. The summed E-state index contributed by atoms with van der Waals surface area (Å²) in [6.07, 6.45) is 5.77. The first-order valence-corrected chi connectivity index (χ1v) is 12.1. The van der Waals surface area contributed by atoms with Gasteiger partial charge in [0, 0.05) is 64.3 Å². The van der Waals surface area contributed by atoms with Crippen LogP contribution in [0.15, 0.2) is 11.8 Å². The van der Waals surface area contributed by atoms with E-state index < -0.39 is 62.1 Å². The molecule has 0 radical (unpaired) electrons. The number of aliphatic carboxylic acids is 5. The van der Waals surface area contributed by atoms with Crippen molar-refractivity contribution in [2.45, 2.75) is 44.2 Å². The van der Waals surface area contributed by atoms with Gasteiger partial charge in [0.25, 0.3) is 0 Å². The van der Waals surface area contributed by atoms with Crippen molar-refractivity contribution in [2.24, 2.45) is 5.92 Å². The van der Waals surface area contributed by atoms with Gasteiger partial charge >= 0.3 is 0 Å². The molecule has 1 fully saturated rings. The fourth-order valence-corrected chi connectivity index (χ4v) is 5.01. The molecular formula is C23H31N4O10-5. The molecule has 2 rings (SSSR count). The van der Waals surface area contributed by atoms with Crippen LogP contribution in [0.1, 0.15) is 32.1 Å². The third-order valence-corrected chi connectivity index (χ3v) is 6.68. The Bertz CT molecular complexity index is 808. The van der Waals surface area contributed by atoms with E-state index in [4.69, 9.17) is 0 Å². The standard InChI is InChI=1S/C23H36N4O10/c28-19(29)11-25(12-20(30)31)5-7-27(8-6-26(13-21(32)33)14-22(34)35)18(23(36)37)9-15-10-24-17-4-2-1-3-16(15)17/h10,16-18,24H,1-9,11-14H2,(H,28,29)(H,30,31)(H,32,33)(H,34,35)(H,36,37)/p-5/t16?,17?,18-/m0/s1. The minimum atomic E-state index is -1.54. The van der Waals surface area contributed by atoms with E-state index in [0.29, 0.717) is 0 Å². The van der Waals surface area contributed by atoms with Gasteiger partial charge in [0.15, 0.2) is 0 Å². The molecule has 1 N–H and O–H groups in total. The van der Waals surface area contributed by atoms with Crippen LogP contribution < -0.4 is 30.8 Å². The number of carboxylic acid groups (broad SMARTS) is 5. The maximum atomic E-state index is 12.2. The number of rotatable bonds is 18. The van der Waals surface area contributed by atoms with Gasteiger partial charge in [0.1, 0.15) is 0 Å². The van der Waals surface area contributed by atoms with Gasteiger partial charge in [-0.25, -0.2) is 0 Å². The summed E-state index contributed by atoms with van der Waals surface area (Å²) < 4.78 is 0. The van der Waals surface area contributed by atoms with E-state index in [-0.39, 0.29) is 44.6 Å². The van der Waals surface area contributed by atoms with Crippen molar-refractivity contribution in [1.29, 1.82) is 0 Å². The Hall–Kier alpha value is -3.23. The normalized spacial score (nSPS) is 19.8. The van der Waals surface area contributed by atoms with Crippen molar-refractivity contribution < 1.29 is 49.5 Å². The predicted molar refractivity (Wildman–Crippen MR) is 115 cm³/mol. The van der Waals surface area contributed by atoms with Crippen LogP contribution >= 0.6 is 0 Å². The summed E-state index contributed by atoms with van der Waals surface area (Å²) >= 11 is 0. The molecule has 1 aliphatic heterocycles. The minimum absolute atomic E-state index is 0.0679. The number of fused-ring (bicyclic) bond motifs is 1. The van der Waals surface area contributed by atoms with Crippen molar-refractivity contribution in [1.82, 2.24) is 20.0 Å². The summed E-state index contributed by atoms with van der Waals surface area (Å²) in [5.41, 5.74) is 0.881. The summed E-state index contributed by atoms with van der Waals surface area (Å²) in [6, 6.07) is -1.02. The second-order valence-electron chi connectivity index (χ2n) is 9.37. The van der Waals surface area contributed by atoms with E-state index in [1.807, 2.05) is 0 Å². The zero-order valence-electron chi connectivity index (χ0n) is 20.4. The monoisotopic (exact) mass is 523 g/mol. The highest BCUT2D eigenvalue weighted by Crippen LogP contribution is 2.36. The Kier molecular flexibility index (Phi) is 11.8. The summed E-state index contributed by atoms with van der Waals surface area (Å²) in [5, 5.41) is 59.7. The molecule has 0 amide bonds. The van der Waals surface area contributed by atoms with Gasteiger partial charge in [-0.2, -0.15) is 0 Å². The molecular weight excluding hydrogens is 492 g/mol. The minimum Gasteiger partial charge on any atom is -0.549 e. The fraction of sp³-hybridized carbons (Fsp3) is 0.696. The molecule has 1 heterocycles. The molecule has 0 aromatic carbocycles. The summed E-state index contributed by atoms with van der Waals surface area (Å²) in [4.78, 5) is 59.8. The van der Waals surface area contributed by atoms with E-state index in [1.54, 1.807) is 6.20 Å². The van der Waals surface area contributed by atoms with E-state index in [0.717, 1.165) is 41.1 Å². The molecule has 0 aromatic rings. The summed E-state index contributed by atoms with van der Waals surface area (Å²) in [7, 11) is 0. The maximum Gasteiger partial charge on any atom is 0.0589 e. The highest BCUT2D eigenvalue weighted by atomic mass is 16.4. The second-order valence-corrected chi connectivity index (χ2v) is 9.37. The molecule has 0 bridgehead atoms. The Labute approximate surface area is 214 Å². The molecule has 1 aliphatic carbocycles. The number of nitrogens with one attached hydrogen (secondary N) is 1. The van der Waals surface area contributed by atoms with Gasteiger partial charge in [-0.1, -0.05) is 12.8 Å². The highest BCUT2D eigenvalue weighted by molar-refractivity contribution is 5.72. The molecule has 0 aromatic heterocycles.